The zero-order valence-corrected chi connectivity index (χ0v) is 15.9. The highest BCUT2D eigenvalue weighted by Crippen LogP contribution is 2.39. The summed E-state index contributed by atoms with van der Waals surface area (Å²) in [6.45, 7) is 1.61. The number of anilines is 1. The molecule has 0 atom stereocenters. The van der Waals surface area contributed by atoms with Crippen LogP contribution in [0.3, 0.4) is 0 Å². The summed E-state index contributed by atoms with van der Waals surface area (Å²) in [6.07, 6.45) is -1.75. The molecule has 3 aromatic rings. The van der Waals surface area contributed by atoms with Crippen LogP contribution >= 0.6 is 22.9 Å². The van der Waals surface area contributed by atoms with Gasteiger partial charge in [0.25, 0.3) is 5.56 Å². The number of rotatable bonds is 2. The smallest absolute Gasteiger partial charge is 0.348 e. The Bertz CT molecular complexity index is 1160. The lowest BCUT2D eigenvalue weighted by Gasteiger charge is -2.25. The maximum absolute atomic E-state index is 13.5. The van der Waals surface area contributed by atoms with Crippen LogP contribution < -0.4 is 16.1 Å². The summed E-state index contributed by atoms with van der Waals surface area (Å²) < 4.78 is 41.3. The lowest BCUT2D eigenvalue weighted by atomic mass is 10.1. The molecule has 0 amide bonds. The minimum Gasteiger partial charge on any atom is -0.348 e. The van der Waals surface area contributed by atoms with Crippen molar-refractivity contribution in [2.24, 2.45) is 0 Å². The summed E-state index contributed by atoms with van der Waals surface area (Å²) >= 11 is 7.40. The first-order valence-corrected chi connectivity index (χ1v) is 9.73. The van der Waals surface area contributed by atoms with E-state index in [9.17, 15) is 22.8 Å². The maximum atomic E-state index is 13.5. The third kappa shape index (κ3) is 3.30. The van der Waals surface area contributed by atoms with Gasteiger partial charge in [-0.05, 0) is 31.4 Å². The van der Waals surface area contributed by atoms with Crippen LogP contribution in [0.4, 0.5) is 18.3 Å². The molecule has 0 spiro atoms. The molecule has 6 nitrogen and oxygen atoms in total. The van der Waals surface area contributed by atoms with Crippen molar-refractivity contribution in [1.29, 1.82) is 0 Å². The Morgan fingerprint density at radius 3 is 2.54 bits per heavy atom. The van der Waals surface area contributed by atoms with Gasteiger partial charge in [-0.3, -0.25) is 14.3 Å². The summed E-state index contributed by atoms with van der Waals surface area (Å²) in [5, 5.41) is 0.930. The fourth-order valence-corrected chi connectivity index (χ4v) is 4.69. The number of piperidine rings is 1. The molecule has 11 heteroatoms. The quantitative estimate of drug-likeness (QED) is 0.671. The van der Waals surface area contributed by atoms with E-state index in [1.807, 2.05) is 4.98 Å². The van der Waals surface area contributed by atoms with Crippen molar-refractivity contribution < 1.29 is 13.2 Å². The second-order valence-electron chi connectivity index (χ2n) is 6.45. The largest absolute Gasteiger partial charge is 0.432 e. The van der Waals surface area contributed by atoms with E-state index in [2.05, 4.69) is 9.88 Å². The topological polar surface area (TPSA) is 71.0 Å². The van der Waals surface area contributed by atoms with Crippen LogP contribution in [-0.4, -0.2) is 27.6 Å². The number of nitrogens with zero attached hydrogens (tertiary/aromatic N) is 3. The van der Waals surface area contributed by atoms with Gasteiger partial charge in [0.15, 0.2) is 5.13 Å². The van der Waals surface area contributed by atoms with Gasteiger partial charge in [0.05, 0.1) is 15.4 Å². The predicted octanol–water partition coefficient (Wildman–Crippen LogP) is 3.80. The Labute approximate surface area is 165 Å². The molecule has 2 aromatic heterocycles. The lowest BCUT2D eigenvalue weighted by Crippen LogP contribution is -2.34. The molecule has 1 fully saturated rings. The van der Waals surface area contributed by atoms with Crippen LogP contribution in [0, 0.1) is 0 Å². The van der Waals surface area contributed by atoms with E-state index in [1.54, 1.807) is 0 Å². The molecule has 0 saturated carbocycles. The van der Waals surface area contributed by atoms with E-state index < -0.39 is 23.1 Å². The summed E-state index contributed by atoms with van der Waals surface area (Å²) in [4.78, 5) is 32.2. The first kappa shape index (κ1) is 19.0. The fraction of sp³-hybridized carbons (Fsp3) is 0.353. The normalized spacial score (nSPS) is 15.4. The van der Waals surface area contributed by atoms with Gasteiger partial charge in [-0.25, -0.2) is 9.78 Å². The van der Waals surface area contributed by atoms with Gasteiger partial charge < -0.3 is 4.90 Å². The van der Waals surface area contributed by atoms with Gasteiger partial charge in [-0.1, -0.05) is 22.9 Å². The Morgan fingerprint density at radius 1 is 1.14 bits per heavy atom. The van der Waals surface area contributed by atoms with Gasteiger partial charge in [0.1, 0.15) is 11.2 Å². The van der Waals surface area contributed by atoms with E-state index in [4.69, 9.17) is 11.6 Å². The maximum Gasteiger partial charge on any atom is 0.432 e. The Balaban J connectivity index is 1.98. The molecular formula is C17H14ClF3N4O2S. The summed E-state index contributed by atoms with van der Waals surface area (Å²) in [5.41, 5.74) is -3.32. The third-order valence-corrected chi connectivity index (χ3v) is 6.01. The molecule has 148 valence electrons. The Hall–Kier alpha value is -2.33. The van der Waals surface area contributed by atoms with Crippen molar-refractivity contribution in [3.05, 3.63) is 49.8 Å². The molecule has 1 aliphatic heterocycles. The van der Waals surface area contributed by atoms with Crippen molar-refractivity contribution in [3.63, 3.8) is 0 Å². The number of aromatic nitrogens is 3. The highest BCUT2D eigenvalue weighted by atomic mass is 35.5. The average Bonchev–Trinajstić information content (AvgIpc) is 3.09. The fourth-order valence-electron chi connectivity index (χ4n) is 3.29. The van der Waals surface area contributed by atoms with Crippen LogP contribution in [0.25, 0.3) is 15.9 Å². The van der Waals surface area contributed by atoms with E-state index in [-0.39, 0.29) is 10.7 Å². The first-order chi connectivity index (χ1) is 13.3. The van der Waals surface area contributed by atoms with Gasteiger partial charge in [0, 0.05) is 19.2 Å². The zero-order valence-electron chi connectivity index (χ0n) is 14.3. The molecule has 1 N–H and O–H groups in total. The molecule has 28 heavy (non-hydrogen) atoms. The van der Waals surface area contributed by atoms with Gasteiger partial charge in [-0.2, -0.15) is 13.2 Å². The van der Waals surface area contributed by atoms with Crippen LogP contribution in [0.5, 0.6) is 0 Å². The number of thiazole rings is 1. The van der Waals surface area contributed by atoms with Crippen molar-refractivity contribution in [1.82, 2.24) is 14.5 Å². The molecule has 0 radical (unpaired) electrons. The summed E-state index contributed by atoms with van der Waals surface area (Å²) in [5.74, 6) is 0. The number of nitrogens with one attached hydrogen (secondary N) is 1. The number of fused-ring (bicyclic) bond motifs is 1. The number of halogens is 4. The van der Waals surface area contributed by atoms with Crippen molar-refractivity contribution >= 4 is 38.3 Å². The standard InChI is InChI=1S/C17H14ClF3N4O2S/c18-9-4-5-10(25-11(17(19,20)21)8-12(26)22-15(25)27)14-13(9)23-16(28-14)24-6-2-1-3-7-24/h4-5,8H,1-3,6-7H2,(H,22,26,27). The van der Waals surface area contributed by atoms with Crippen LogP contribution in [0.1, 0.15) is 25.0 Å². The number of benzene rings is 1. The first-order valence-electron chi connectivity index (χ1n) is 8.53. The molecule has 1 aliphatic rings. The third-order valence-electron chi connectivity index (χ3n) is 4.56. The minimum absolute atomic E-state index is 0.0197. The highest BCUT2D eigenvalue weighted by Gasteiger charge is 2.36. The minimum atomic E-state index is -4.89. The second-order valence-corrected chi connectivity index (χ2v) is 7.83. The second kappa shape index (κ2) is 6.93. The van der Waals surface area contributed by atoms with E-state index >= 15 is 0 Å². The molecule has 0 aliphatic carbocycles. The summed E-state index contributed by atoms with van der Waals surface area (Å²) in [7, 11) is 0. The number of hydrogen-bond donors (Lipinski definition) is 1. The van der Waals surface area contributed by atoms with E-state index in [0.29, 0.717) is 26.0 Å². The van der Waals surface area contributed by atoms with E-state index in [1.165, 1.54) is 23.5 Å². The van der Waals surface area contributed by atoms with Crippen LogP contribution in [0.15, 0.2) is 27.8 Å². The molecular weight excluding hydrogens is 417 g/mol. The van der Waals surface area contributed by atoms with Gasteiger partial charge >= 0.3 is 11.9 Å². The number of H-pyrrole nitrogens is 1. The predicted molar refractivity (Wildman–Crippen MR) is 102 cm³/mol. The molecule has 0 unspecified atom stereocenters. The highest BCUT2D eigenvalue weighted by molar-refractivity contribution is 7.22. The van der Waals surface area contributed by atoms with Gasteiger partial charge in [0.2, 0.25) is 0 Å². The number of alkyl halides is 3. The zero-order chi connectivity index (χ0) is 20.1. The number of aromatic amines is 1. The van der Waals surface area contributed by atoms with Crippen LogP contribution in [-0.2, 0) is 6.18 Å². The summed E-state index contributed by atoms with van der Waals surface area (Å²) in [6, 6.07) is 3.10. The van der Waals surface area contributed by atoms with Crippen molar-refractivity contribution in [3.8, 4) is 5.69 Å². The lowest BCUT2D eigenvalue weighted by molar-refractivity contribution is -0.143. The molecule has 0 bridgehead atoms. The van der Waals surface area contributed by atoms with Crippen molar-refractivity contribution in [2.75, 3.05) is 18.0 Å². The molecule has 3 heterocycles. The molecule has 1 saturated heterocycles. The van der Waals surface area contributed by atoms with Crippen LogP contribution in [0.2, 0.25) is 5.02 Å². The Morgan fingerprint density at radius 2 is 1.86 bits per heavy atom. The monoisotopic (exact) mass is 430 g/mol. The van der Waals surface area contributed by atoms with Crippen molar-refractivity contribution in [2.45, 2.75) is 25.4 Å². The average molecular weight is 431 g/mol. The Kier molecular flexibility index (Phi) is 4.70. The van der Waals surface area contributed by atoms with Gasteiger partial charge in [-0.15, -0.1) is 0 Å². The number of hydrogen-bond acceptors (Lipinski definition) is 5. The SMILES string of the molecule is O=c1cc(C(F)(F)F)n(-c2ccc(Cl)c3nc(N4CCCCC4)sc23)c(=O)[nH]1. The molecule has 1 aromatic carbocycles. The van der Waals surface area contributed by atoms with E-state index in [0.717, 1.165) is 32.4 Å². The molecule has 4 rings (SSSR count).